The predicted molar refractivity (Wildman–Crippen MR) is 96.1 cm³/mol. The molecule has 0 saturated carbocycles. The number of hydrogen-bond acceptors (Lipinski definition) is 5. The molecule has 0 fully saturated rings. The van der Waals surface area contributed by atoms with Crippen molar-refractivity contribution < 1.29 is 18.7 Å². The Morgan fingerprint density at radius 3 is 2.69 bits per heavy atom. The topological polar surface area (TPSA) is 75.9 Å². The van der Waals surface area contributed by atoms with E-state index < -0.39 is 0 Å². The van der Waals surface area contributed by atoms with Gasteiger partial charge in [-0.15, -0.1) is 0 Å². The number of nitrogens with zero attached hydrogens (tertiary/aromatic N) is 3. The largest absolute Gasteiger partial charge is 0.482 e. The summed E-state index contributed by atoms with van der Waals surface area (Å²) in [4.78, 5) is 32.5. The molecular formula is C19H23N3O4. The number of benzene rings is 1. The van der Waals surface area contributed by atoms with Gasteiger partial charge in [0.1, 0.15) is 18.6 Å². The molecule has 7 nitrogen and oxygen atoms in total. The standard InChI is InChI=1S/C19H23N3O4/c1-3-9-21(10-4-2)19(24)14-12-26-17(20-14)11-22-15-7-5-6-8-16(15)25-13-18(22)23/h5-8,12H,3-4,9-11,13H2,1-2H3. The minimum atomic E-state index is -0.173. The molecule has 2 aromatic rings. The Labute approximate surface area is 152 Å². The zero-order valence-electron chi connectivity index (χ0n) is 15.1. The highest BCUT2D eigenvalue weighted by atomic mass is 16.5. The lowest BCUT2D eigenvalue weighted by atomic mass is 10.2. The molecule has 0 N–H and O–H groups in total. The Hall–Kier alpha value is -2.83. The van der Waals surface area contributed by atoms with Gasteiger partial charge in [-0.25, -0.2) is 4.98 Å². The number of para-hydroxylation sites is 2. The van der Waals surface area contributed by atoms with Gasteiger partial charge >= 0.3 is 0 Å². The SMILES string of the molecule is CCCN(CCC)C(=O)c1coc(CN2C(=O)COc3ccccc32)n1. The summed E-state index contributed by atoms with van der Waals surface area (Å²) in [6.07, 6.45) is 3.14. The fourth-order valence-electron chi connectivity index (χ4n) is 2.96. The van der Waals surface area contributed by atoms with E-state index in [1.807, 2.05) is 38.1 Å². The fraction of sp³-hybridized carbons (Fsp3) is 0.421. The van der Waals surface area contributed by atoms with Crippen LogP contribution in [0.25, 0.3) is 0 Å². The van der Waals surface area contributed by atoms with E-state index in [1.54, 1.807) is 9.80 Å². The van der Waals surface area contributed by atoms with E-state index in [4.69, 9.17) is 9.15 Å². The van der Waals surface area contributed by atoms with E-state index in [2.05, 4.69) is 4.98 Å². The lowest BCUT2D eigenvalue weighted by Crippen LogP contribution is -2.38. The van der Waals surface area contributed by atoms with Crippen LogP contribution in [0.15, 0.2) is 34.9 Å². The number of carbonyl (C=O) groups excluding carboxylic acids is 2. The van der Waals surface area contributed by atoms with Gasteiger partial charge in [0.25, 0.3) is 11.8 Å². The maximum Gasteiger partial charge on any atom is 0.275 e. The number of amides is 2. The number of fused-ring (bicyclic) bond motifs is 1. The van der Waals surface area contributed by atoms with Gasteiger partial charge in [-0.3, -0.25) is 14.5 Å². The molecule has 0 unspecified atom stereocenters. The number of anilines is 1. The summed E-state index contributed by atoms with van der Waals surface area (Å²) < 4.78 is 10.9. The minimum absolute atomic E-state index is 0.0235. The highest BCUT2D eigenvalue weighted by molar-refractivity contribution is 5.97. The second-order valence-corrected chi connectivity index (χ2v) is 6.15. The van der Waals surface area contributed by atoms with Crippen LogP contribution >= 0.6 is 0 Å². The maximum absolute atomic E-state index is 12.6. The lowest BCUT2D eigenvalue weighted by molar-refractivity contribution is -0.121. The molecule has 138 valence electrons. The van der Waals surface area contributed by atoms with Crippen LogP contribution in [0.2, 0.25) is 0 Å². The Morgan fingerprint density at radius 1 is 1.23 bits per heavy atom. The first kappa shape index (κ1) is 18.0. The average molecular weight is 357 g/mol. The third-order valence-electron chi connectivity index (χ3n) is 4.15. The first-order valence-corrected chi connectivity index (χ1v) is 8.89. The zero-order chi connectivity index (χ0) is 18.5. The van der Waals surface area contributed by atoms with Gasteiger partial charge < -0.3 is 14.1 Å². The molecule has 0 aliphatic carbocycles. The van der Waals surface area contributed by atoms with E-state index >= 15 is 0 Å². The number of carbonyl (C=O) groups is 2. The third-order valence-corrected chi connectivity index (χ3v) is 4.15. The van der Waals surface area contributed by atoms with Crippen LogP contribution in [0.5, 0.6) is 5.75 Å². The molecule has 0 bridgehead atoms. The summed E-state index contributed by atoms with van der Waals surface area (Å²) in [5.74, 6) is 0.657. The molecule has 0 saturated heterocycles. The number of hydrogen-bond donors (Lipinski definition) is 0. The molecule has 3 rings (SSSR count). The number of aromatic nitrogens is 1. The Kier molecular flexibility index (Phi) is 5.55. The summed E-state index contributed by atoms with van der Waals surface area (Å²) >= 11 is 0. The lowest BCUT2D eigenvalue weighted by Gasteiger charge is -2.28. The molecule has 7 heteroatoms. The molecule has 2 amide bonds. The van der Waals surface area contributed by atoms with E-state index in [-0.39, 0.29) is 30.7 Å². The normalized spacial score (nSPS) is 13.3. The van der Waals surface area contributed by atoms with Crippen molar-refractivity contribution in [3.05, 3.63) is 42.1 Å². The molecular weight excluding hydrogens is 334 g/mol. The smallest absolute Gasteiger partial charge is 0.275 e. The van der Waals surface area contributed by atoms with Crippen LogP contribution in [0.4, 0.5) is 5.69 Å². The average Bonchev–Trinajstić information content (AvgIpc) is 3.12. The molecule has 26 heavy (non-hydrogen) atoms. The predicted octanol–water partition coefficient (Wildman–Crippen LogP) is 2.86. The highest BCUT2D eigenvalue weighted by Crippen LogP contribution is 2.32. The quantitative estimate of drug-likeness (QED) is 0.762. The second-order valence-electron chi connectivity index (χ2n) is 6.15. The van der Waals surface area contributed by atoms with Crippen LogP contribution in [-0.2, 0) is 11.3 Å². The van der Waals surface area contributed by atoms with Crippen molar-refractivity contribution >= 4 is 17.5 Å². The molecule has 1 aromatic heterocycles. The molecule has 2 heterocycles. The summed E-state index contributed by atoms with van der Waals surface area (Å²) in [7, 11) is 0. The van der Waals surface area contributed by atoms with E-state index in [0.29, 0.717) is 30.4 Å². The second kappa shape index (κ2) is 8.03. The van der Waals surface area contributed by atoms with Gasteiger partial charge in [0.05, 0.1) is 5.69 Å². The van der Waals surface area contributed by atoms with E-state index in [1.165, 1.54) is 6.26 Å². The van der Waals surface area contributed by atoms with Crippen LogP contribution in [0.1, 0.15) is 43.1 Å². The zero-order valence-corrected chi connectivity index (χ0v) is 15.1. The van der Waals surface area contributed by atoms with Gasteiger partial charge in [-0.2, -0.15) is 0 Å². The van der Waals surface area contributed by atoms with Gasteiger partial charge in [0.2, 0.25) is 5.89 Å². The van der Waals surface area contributed by atoms with Crippen LogP contribution < -0.4 is 9.64 Å². The van der Waals surface area contributed by atoms with Crippen molar-refractivity contribution in [1.29, 1.82) is 0 Å². The van der Waals surface area contributed by atoms with Crippen molar-refractivity contribution in [3.63, 3.8) is 0 Å². The minimum Gasteiger partial charge on any atom is -0.482 e. The van der Waals surface area contributed by atoms with Crippen LogP contribution in [0, 0.1) is 0 Å². The van der Waals surface area contributed by atoms with Gasteiger partial charge in [0, 0.05) is 13.1 Å². The number of rotatable bonds is 7. The monoisotopic (exact) mass is 357 g/mol. The molecule has 1 aromatic carbocycles. The third kappa shape index (κ3) is 3.71. The summed E-state index contributed by atoms with van der Waals surface area (Å²) in [6.45, 7) is 5.57. The van der Waals surface area contributed by atoms with Gasteiger partial charge in [-0.1, -0.05) is 26.0 Å². The van der Waals surface area contributed by atoms with E-state index in [0.717, 1.165) is 12.8 Å². The first-order valence-electron chi connectivity index (χ1n) is 8.89. The number of oxazole rings is 1. The van der Waals surface area contributed by atoms with Crippen molar-refractivity contribution in [3.8, 4) is 5.75 Å². The molecule has 0 atom stereocenters. The Balaban J connectivity index is 1.76. The summed E-state index contributed by atoms with van der Waals surface area (Å²) in [6, 6.07) is 7.31. The van der Waals surface area contributed by atoms with Crippen LogP contribution in [0.3, 0.4) is 0 Å². The molecule has 1 aliphatic rings. The maximum atomic E-state index is 12.6. The first-order chi connectivity index (χ1) is 12.6. The van der Waals surface area contributed by atoms with Crippen molar-refractivity contribution in [1.82, 2.24) is 9.88 Å². The van der Waals surface area contributed by atoms with Gasteiger partial charge in [0.15, 0.2) is 12.3 Å². The summed E-state index contributed by atoms with van der Waals surface area (Å²) in [5, 5.41) is 0. The van der Waals surface area contributed by atoms with Crippen molar-refractivity contribution in [2.45, 2.75) is 33.2 Å². The van der Waals surface area contributed by atoms with E-state index in [9.17, 15) is 9.59 Å². The highest BCUT2D eigenvalue weighted by Gasteiger charge is 2.27. The molecule has 0 radical (unpaired) electrons. The Bertz CT molecular complexity index is 781. The molecule has 0 spiro atoms. The van der Waals surface area contributed by atoms with Crippen molar-refractivity contribution in [2.24, 2.45) is 0 Å². The van der Waals surface area contributed by atoms with Gasteiger partial charge in [-0.05, 0) is 25.0 Å². The summed E-state index contributed by atoms with van der Waals surface area (Å²) in [5.41, 5.74) is 0.948. The van der Waals surface area contributed by atoms with Crippen molar-refractivity contribution in [2.75, 3.05) is 24.6 Å². The van der Waals surface area contributed by atoms with Crippen LogP contribution in [-0.4, -0.2) is 41.4 Å². The molecule has 1 aliphatic heterocycles. The fourth-order valence-corrected chi connectivity index (χ4v) is 2.96. The Morgan fingerprint density at radius 2 is 1.96 bits per heavy atom. The number of ether oxygens (including phenoxy) is 1.